The van der Waals surface area contributed by atoms with Crippen molar-refractivity contribution >= 4 is 0 Å². The molecule has 0 bridgehead atoms. The minimum atomic E-state index is 0.0502. The van der Waals surface area contributed by atoms with Crippen molar-refractivity contribution in [1.29, 1.82) is 0 Å². The van der Waals surface area contributed by atoms with Crippen molar-refractivity contribution in [2.24, 2.45) is 0 Å². The maximum absolute atomic E-state index is 5.86. The van der Waals surface area contributed by atoms with Crippen molar-refractivity contribution in [3.8, 4) is 11.5 Å². The predicted molar refractivity (Wildman–Crippen MR) is 83.8 cm³/mol. The standard InChI is InChI=1S/C17H25NO3/c1-4-8-18-17(16-7-5-6-9-21-16)13-10-14(19-2)12-15(11-13)20-3/h7,10-12,17-18H,4-6,8-9H2,1-3H3. The third kappa shape index (κ3) is 4.14. The highest BCUT2D eigenvalue weighted by Gasteiger charge is 2.20. The van der Waals surface area contributed by atoms with Gasteiger partial charge in [0.2, 0.25) is 0 Å². The van der Waals surface area contributed by atoms with Crippen LogP contribution in [0.2, 0.25) is 0 Å². The maximum atomic E-state index is 5.86. The summed E-state index contributed by atoms with van der Waals surface area (Å²) < 4.78 is 16.6. The van der Waals surface area contributed by atoms with E-state index in [1.165, 1.54) is 0 Å². The van der Waals surface area contributed by atoms with Gasteiger partial charge in [-0.05, 0) is 49.6 Å². The molecule has 0 saturated carbocycles. The smallest absolute Gasteiger partial charge is 0.122 e. The summed E-state index contributed by atoms with van der Waals surface area (Å²) in [5.41, 5.74) is 1.10. The molecule has 116 valence electrons. The van der Waals surface area contributed by atoms with Gasteiger partial charge >= 0.3 is 0 Å². The molecule has 2 rings (SSSR count). The largest absolute Gasteiger partial charge is 0.497 e. The minimum absolute atomic E-state index is 0.0502. The molecule has 4 nitrogen and oxygen atoms in total. The molecule has 0 radical (unpaired) electrons. The van der Waals surface area contributed by atoms with Crippen LogP contribution >= 0.6 is 0 Å². The van der Waals surface area contributed by atoms with Gasteiger partial charge in [-0.2, -0.15) is 0 Å². The molecule has 0 saturated heterocycles. The Bertz CT molecular complexity index is 463. The van der Waals surface area contributed by atoms with Crippen molar-refractivity contribution < 1.29 is 14.2 Å². The fourth-order valence-corrected chi connectivity index (χ4v) is 2.45. The molecular weight excluding hydrogens is 266 g/mol. The van der Waals surface area contributed by atoms with Gasteiger partial charge in [-0.15, -0.1) is 0 Å². The van der Waals surface area contributed by atoms with Gasteiger partial charge in [0.1, 0.15) is 17.3 Å². The van der Waals surface area contributed by atoms with Gasteiger partial charge in [0.15, 0.2) is 0 Å². The number of nitrogens with one attached hydrogen (secondary N) is 1. The van der Waals surface area contributed by atoms with E-state index in [0.29, 0.717) is 0 Å². The monoisotopic (exact) mass is 291 g/mol. The van der Waals surface area contributed by atoms with Crippen molar-refractivity contribution in [3.63, 3.8) is 0 Å². The number of hydrogen-bond acceptors (Lipinski definition) is 4. The van der Waals surface area contributed by atoms with Crippen LogP contribution < -0.4 is 14.8 Å². The summed E-state index contributed by atoms with van der Waals surface area (Å²) >= 11 is 0. The Kier molecular flexibility index (Phi) is 5.93. The van der Waals surface area contributed by atoms with Crippen molar-refractivity contribution in [2.45, 2.75) is 32.2 Å². The van der Waals surface area contributed by atoms with Crippen LogP contribution in [0.5, 0.6) is 11.5 Å². The molecule has 0 aromatic heterocycles. The summed E-state index contributed by atoms with van der Waals surface area (Å²) in [5.74, 6) is 2.60. The van der Waals surface area contributed by atoms with Crippen LogP contribution in [0.1, 0.15) is 37.8 Å². The average molecular weight is 291 g/mol. The molecule has 1 aromatic rings. The fraction of sp³-hybridized carbons (Fsp3) is 0.529. The van der Waals surface area contributed by atoms with E-state index in [0.717, 1.165) is 55.2 Å². The summed E-state index contributed by atoms with van der Waals surface area (Å²) in [7, 11) is 3.34. The Labute approximate surface area is 127 Å². The van der Waals surface area contributed by atoms with Gasteiger partial charge in [-0.1, -0.05) is 6.92 Å². The van der Waals surface area contributed by atoms with Crippen LogP contribution in [-0.2, 0) is 4.74 Å². The molecule has 1 N–H and O–H groups in total. The Morgan fingerprint density at radius 3 is 2.43 bits per heavy atom. The zero-order valence-corrected chi connectivity index (χ0v) is 13.1. The molecule has 0 spiro atoms. The number of hydrogen-bond donors (Lipinski definition) is 1. The molecule has 0 amide bonds. The first-order valence-corrected chi connectivity index (χ1v) is 7.57. The first-order valence-electron chi connectivity index (χ1n) is 7.57. The van der Waals surface area contributed by atoms with Crippen LogP contribution in [0.15, 0.2) is 30.0 Å². The second-order valence-corrected chi connectivity index (χ2v) is 5.13. The number of allylic oxidation sites excluding steroid dienone is 1. The molecular formula is C17H25NO3. The quantitative estimate of drug-likeness (QED) is 0.835. The second kappa shape index (κ2) is 7.93. The third-order valence-corrected chi connectivity index (χ3v) is 3.55. The van der Waals surface area contributed by atoms with Gasteiger partial charge in [-0.25, -0.2) is 0 Å². The molecule has 1 atom stereocenters. The highest BCUT2D eigenvalue weighted by atomic mass is 16.5. The van der Waals surface area contributed by atoms with Crippen LogP contribution in [0, 0.1) is 0 Å². The summed E-state index contributed by atoms with van der Waals surface area (Å²) in [6.45, 7) is 3.88. The van der Waals surface area contributed by atoms with E-state index >= 15 is 0 Å². The lowest BCUT2D eigenvalue weighted by Crippen LogP contribution is -2.26. The van der Waals surface area contributed by atoms with Crippen LogP contribution in [0.4, 0.5) is 0 Å². The molecule has 1 aliphatic rings. The third-order valence-electron chi connectivity index (χ3n) is 3.55. The molecule has 4 heteroatoms. The molecule has 0 fully saturated rings. The lowest BCUT2D eigenvalue weighted by Gasteiger charge is -2.25. The predicted octanol–water partition coefficient (Wildman–Crippen LogP) is 3.44. The molecule has 0 aliphatic carbocycles. The molecule has 21 heavy (non-hydrogen) atoms. The van der Waals surface area contributed by atoms with E-state index in [4.69, 9.17) is 14.2 Å². The zero-order chi connectivity index (χ0) is 15.1. The van der Waals surface area contributed by atoms with Gasteiger partial charge in [0.25, 0.3) is 0 Å². The highest BCUT2D eigenvalue weighted by molar-refractivity contribution is 5.41. The number of rotatable bonds is 7. The molecule has 1 aromatic carbocycles. The first-order chi connectivity index (χ1) is 10.3. The maximum Gasteiger partial charge on any atom is 0.122 e. The van der Waals surface area contributed by atoms with Gasteiger partial charge in [0, 0.05) is 6.07 Å². The Morgan fingerprint density at radius 1 is 1.19 bits per heavy atom. The summed E-state index contributed by atoms with van der Waals surface area (Å²) in [4.78, 5) is 0. The van der Waals surface area contributed by atoms with Crippen LogP contribution in [0.25, 0.3) is 0 Å². The topological polar surface area (TPSA) is 39.7 Å². The van der Waals surface area contributed by atoms with Crippen LogP contribution in [0.3, 0.4) is 0 Å². The van der Waals surface area contributed by atoms with Crippen molar-refractivity contribution in [3.05, 3.63) is 35.6 Å². The van der Waals surface area contributed by atoms with Crippen LogP contribution in [-0.4, -0.2) is 27.4 Å². The van der Waals surface area contributed by atoms with E-state index in [1.54, 1.807) is 14.2 Å². The Morgan fingerprint density at radius 2 is 1.90 bits per heavy atom. The lowest BCUT2D eigenvalue weighted by molar-refractivity contribution is 0.167. The van der Waals surface area contributed by atoms with Gasteiger partial charge in [-0.3, -0.25) is 0 Å². The summed E-state index contributed by atoms with van der Waals surface area (Å²) in [6, 6.07) is 6.01. The van der Waals surface area contributed by atoms with Gasteiger partial charge in [0.05, 0.1) is 26.9 Å². The van der Waals surface area contributed by atoms with E-state index in [-0.39, 0.29) is 6.04 Å². The Hall–Kier alpha value is -1.68. The second-order valence-electron chi connectivity index (χ2n) is 5.13. The SMILES string of the molecule is CCCNC(C1=CCCCO1)c1cc(OC)cc(OC)c1. The lowest BCUT2D eigenvalue weighted by atomic mass is 10.0. The van der Waals surface area contributed by atoms with E-state index < -0.39 is 0 Å². The molecule has 1 aliphatic heterocycles. The van der Waals surface area contributed by atoms with Crippen molar-refractivity contribution in [1.82, 2.24) is 5.32 Å². The first kappa shape index (κ1) is 15.7. The van der Waals surface area contributed by atoms with E-state index in [9.17, 15) is 0 Å². The van der Waals surface area contributed by atoms with E-state index in [1.807, 2.05) is 18.2 Å². The number of ether oxygens (including phenoxy) is 3. The zero-order valence-electron chi connectivity index (χ0n) is 13.1. The fourth-order valence-electron chi connectivity index (χ4n) is 2.45. The number of benzene rings is 1. The summed E-state index contributed by atoms with van der Waals surface area (Å²) in [5, 5.41) is 3.55. The summed E-state index contributed by atoms with van der Waals surface area (Å²) in [6.07, 6.45) is 5.42. The van der Waals surface area contributed by atoms with E-state index in [2.05, 4.69) is 18.3 Å². The average Bonchev–Trinajstić information content (AvgIpc) is 2.55. The normalized spacial score (nSPS) is 15.9. The molecule has 1 heterocycles. The van der Waals surface area contributed by atoms with Crippen molar-refractivity contribution in [2.75, 3.05) is 27.4 Å². The van der Waals surface area contributed by atoms with Gasteiger partial charge < -0.3 is 19.5 Å². The Balaban J connectivity index is 2.32. The highest BCUT2D eigenvalue weighted by Crippen LogP contribution is 2.31. The minimum Gasteiger partial charge on any atom is -0.497 e. The number of methoxy groups -OCH3 is 2. The molecule has 1 unspecified atom stereocenters.